The first kappa shape index (κ1) is 12.4. The van der Waals surface area contributed by atoms with Crippen molar-refractivity contribution in [1.29, 1.82) is 0 Å². The summed E-state index contributed by atoms with van der Waals surface area (Å²) in [6, 6.07) is 7.67. The van der Waals surface area contributed by atoms with E-state index >= 15 is 0 Å². The van der Waals surface area contributed by atoms with Crippen LogP contribution in [0, 0.1) is 0 Å². The maximum Gasteiger partial charge on any atom is 0.119 e. The van der Waals surface area contributed by atoms with Gasteiger partial charge in [0.1, 0.15) is 12.4 Å². The van der Waals surface area contributed by atoms with Gasteiger partial charge >= 0.3 is 0 Å². The van der Waals surface area contributed by atoms with Crippen LogP contribution in [0.5, 0.6) is 5.75 Å². The highest BCUT2D eigenvalue weighted by atomic mass is 16.5. The summed E-state index contributed by atoms with van der Waals surface area (Å²) in [6.07, 6.45) is 2.45. The van der Waals surface area contributed by atoms with Gasteiger partial charge in [0, 0.05) is 19.2 Å². The summed E-state index contributed by atoms with van der Waals surface area (Å²) in [7, 11) is 0. The maximum atomic E-state index is 5.88. The molecule has 1 aromatic rings. The van der Waals surface area contributed by atoms with Gasteiger partial charge in [0.2, 0.25) is 0 Å². The van der Waals surface area contributed by atoms with Crippen LogP contribution in [0.15, 0.2) is 24.3 Å². The molecule has 17 heavy (non-hydrogen) atoms. The SMILES string of the molecule is NC[C@H](N)c1cccc(OCC2CCCO2)c1. The predicted molar refractivity (Wildman–Crippen MR) is 66.9 cm³/mol. The highest BCUT2D eigenvalue weighted by Gasteiger charge is 2.16. The van der Waals surface area contributed by atoms with Gasteiger partial charge in [0.15, 0.2) is 0 Å². The minimum absolute atomic E-state index is 0.124. The average Bonchev–Trinajstić information content (AvgIpc) is 2.89. The van der Waals surface area contributed by atoms with Crippen molar-refractivity contribution in [3.8, 4) is 5.75 Å². The number of nitrogens with two attached hydrogens (primary N) is 2. The topological polar surface area (TPSA) is 70.5 Å². The largest absolute Gasteiger partial charge is 0.491 e. The van der Waals surface area contributed by atoms with Crippen LogP contribution in [0.4, 0.5) is 0 Å². The van der Waals surface area contributed by atoms with E-state index in [1.807, 2.05) is 24.3 Å². The average molecular weight is 236 g/mol. The van der Waals surface area contributed by atoms with Crippen LogP contribution in [-0.4, -0.2) is 25.9 Å². The Kier molecular flexibility index (Phi) is 4.36. The molecule has 1 saturated heterocycles. The van der Waals surface area contributed by atoms with Gasteiger partial charge in [-0.05, 0) is 30.5 Å². The predicted octanol–water partition coefficient (Wildman–Crippen LogP) is 1.20. The summed E-state index contributed by atoms with van der Waals surface area (Å²) in [6.45, 7) is 1.91. The Morgan fingerprint density at radius 1 is 1.47 bits per heavy atom. The lowest BCUT2D eigenvalue weighted by molar-refractivity contribution is 0.0679. The van der Waals surface area contributed by atoms with Crippen molar-refractivity contribution in [3.05, 3.63) is 29.8 Å². The first-order valence-electron chi connectivity index (χ1n) is 6.09. The molecule has 0 radical (unpaired) electrons. The Balaban J connectivity index is 1.91. The van der Waals surface area contributed by atoms with E-state index in [-0.39, 0.29) is 12.1 Å². The summed E-state index contributed by atoms with van der Waals surface area (Å²) in [5, 5.41) is 0. The second-order valence-corrected chi connectivity index (χ2v) is 4.36. The normalized spacial score (nSPS) is 21.4. The smallest absolute Gasteiger partial charge is 0.119 e. The van der Waals surface area contributed by atoms with Gasteiger partial charge in [0.25, 0.3) is 0 Å². The minimum Gasteiger partial charge on any atom is -0.491 e. The maximum absolute atomic E-state index is 5.88. The number of benzene rings is 1. The molecule has 4 nitrogen and oxygen atoms in total. The molecule has 1 aliphatic rings. The zero-order valence-electron chi connectivity index (χ0n) is 9.97. The summed E-state index contributed by atoms with van der Waals surface area (Å²) in [5.41, 5.74) is 12.4. The quantitative estimate of drug-likeness (QED) is 0.806. The van der Waals surface area contributed by atoms with Gasteiger partial charge in [-0.3, -0.25) is 0 Å². The van der Waals surface area contributed by atoms with Crippen LogP contribution in [0.2, 0.25) is 0 Å². The molecule has 1 heterocycles. The summed E-state index contributed by atoms with van der Waals surface area (Å²) < 4.78 is 11.2. The molecular formula is C13H20N2O2. The molecule has 0 saturated carbocycles. The van der Waals surface area contributed by atoms with Gasteiger partial charge in [-0.1, -0.05) is 12.1 Å². The Morgan fingerprint density at radius 2 is 2.35 bits per heavy atom. The van der Waals surface area contributed by atoms with Crippen molar-refractivity contribution in [1.82, 2.24) is 0 Å². The number of hydrogen-bond donors (Lipinski definition) is 2. The van der Waals surface area contributed by atoms with Gasteiger partial charge < -0.3 is 20.9 Å². The van der Waals surface area contributed by atoms with Crippen LogP contribution in [0.3, 0.4) is 0 Å². The molecule has 1 unspecified atom stereocenters. The Morgan fingerprint density at radius 3 is 3.06 bits per heavy atom. The fourth-order valence-electron chi connectivity index (χ4n) is 1.94. The van der Waals surface area contributed by atoms with Gasteiger partial charge in [-0.15, -0.1) is 0 Å². The molecule has 2 atom stereocenters. The molecular weight excluding hydrogens is 216 g/mol. The van der Waals surface area contributed by atoms with E-state index in [2.05, 4.69) is 0 Å². The summed E-state index contributed by atoms with van der Waals surface area (Å²) >= 11 is 0. The lowest BCUT2D eigenvalue weighted by atomic mass is 10.1. The fourth-order valence-corrected chi connectivity index (χ4v) is 1.94. The molecule has 1 aromatic carbocycles. The first-order valence-corrected chi connectivity index (χ1v) is 6.09. The Hall–Kier alpha value is -1.10. The molecule has 0 aliphatic carbocycles. The van der Waals surface area contributed by atoms with Crippen LogP contribution in [-0.2, 0) is 4.74 Å². The third-order valence-electron chi connectivity index (χ3n) is 3.00. The van der Waals surface area contributed by atoms with Crippen molar-refractivity contribution in [3.63, 3.8) is 0 Å². The van der Waals surface area contributed by atoms with E-state index < -0.39 is 0 Å². The van der Waals surface area contributed by atoms with Crippen molar-refractivity contribution >= 4 is 0 Å². The third-order valence-corrected chi connectivity index (χ3v) is 3.00. The molecule has 0 spiro atoms. The van der Waals surface area contributed by atoms with Crippen LogP contribution in [0.25, 0.3) is 0 Å². The van der Waals surface area contributed by atoms with Crippen LogP contribution >= 0.6 is 0 Å². The van der Waals surface area contributed by atoms with Crippen molar-refractivity contribution in [2.45, 2.75) is 25.0 Å². The number of hydrogen-bond acceptors (Lipinski definition) is 4. The molecule has 94 valence electrons. The number of ether oxygens (including phenoxy) is 2. The highest BCUT2D eigenvalue weighted by Crippen LogP contribution is 2.19. The molecule has 0 aromatic heterocycles. The van der Waals surface area contributed by atoms with Crippen LogP contribution in [0.1, 0.15) is 24.4 Å². The molecule has 4 heteroatoms. The minimum atomic E-state index is -0.124. The van der Waals surface area contributed by atoms with E-state index in [9.17, 15) is 0 Å². The van der Waals surface area contributed by atoms with Crippen LogP contribution < -0.4 is 16.2 Å². The summed E-state index contributed by atoms with van der Waals surface area (Å²) in [5.74, 6) is 0.835. The third kappa shape index (κ3) is 3.43. The van der Waals surface area contributed by atoms with Gasteiger partial charge in [0.05, 0.1) is 6.10 Å². The van der Waals surface area contributed by atoms with Crippen molar-refractivity contribution < 1.29 is 9.47 Å². The molecule has 1 fully saturated rings. The van der Waals surface area contributed by atoms with E-state index in [4.69, 9.17) is 20.9 Å². The second-order valence-electron chi connectivity index (χ2n) is 4.36. The summed E-state index contributed by atoms with van der Waals surface area (Å²) in [4.78, 5) is 0. The highest BCUT2D eigenvalue weighted by molar-refractivity contribution is 5.30. The standard InChI is InChI=1S/C13H20N2O2/c14-8-13(15)10-3-1-4-11(7-10)17-9-12-5-2-6-16-12/h1,3-4,7,12-13H,2,5-6,8-9,14-15H2/t12?,13-/m0/s1. The van der Waals surface area contributed by atoms with Gasteiger partial charge in [-0.25, -0.2) is 0 Å². The van der Waals surface area contributed by atoms with E-state index in [1.165, 1.54) is 0 Å². The molecule has 0 amide bonds. The first-order chi connectivity index (χ1) is 8.29. The van der Waals surface area contributed by atoms with E-state index in [0.29, 0.717) is 13.2 Å². The molecule has 0 bridgehead atoms. The Labute approximate surface area is 102 Å². The zero-order valence-corrected chi connectivity index (χ0v) is 9.97. The van der Waals surface area contributed by atoms with Gasteiger partial charge in [-0.2, -0.15) is 0 Å². The lowest BCUT2D eigenvalue weighted by Gasteiger charge is -2.14. The lowest BCUT2D eigenvalue weighted by Crippen LogP contribution is -2.21. The molecule has 2 rings (SSSR count). The Bertz CT molecular complexity index is 351. The number of rotatable bonds is 5. The van der Waals surface area contributed by atoms with E-state index in [1.54, 1.807) is 0 Å². The zero-order chi connectivity index (χ0) is 12.1. The van der Waals surface area contributed by atoms with Crippen molar-refractivity contribution in [2.75, 3.05) is 19.8 Å². The van der Waals surface area contributed by atoms with Crippen molar-refractivity contribution in [2.24, 2.45) is 11.5 Å². The molecule has 1 aliphatic heterocycles. The second kappa shape index (κ2) is 6.00. The fraction of sp³-hybridized carbons (Fsp3) is 0.538. The molecule has 4 N–H and O–H groups in total. The van der Waals surface area contributed by atoms with E-state index in [0.717, 1.165) is 30.8 Å². The monoisotopic (exact) mass is 236 g/mol.